The van der Waals surface area contributed by atoms with Crippen molar-refractivity contribution in [2.75, 3.05) is 23.3 Å². The van der Waals surface area contributed by atoms with Gasteiger partial charge in [0.2, 0.25) is 16.2 Å². The third-order valence-corrected chi connectivity index (χ3v) is 5.90. The number of nitrogens with one attached hydrogen (secondary N) is 1. The molecule has 7 nitrogen and oxygen atoms in total. The minimum Gasteiger partial charge on any atom is -0.347 e. The van der Waals surface area contributed by atoms with Gasteiger partial charge in [0.1, 0.15) is 0 Å². The maximum atomic E-state index is 12.6. The first kappa shape index (κ1) is 18.4. The number of hydrogen-bond donors (Lipinski definition) is 1. The minimum atomic E-state index is -0.0472. The first-order chi connectivity index (χ1) is 13.6. The summed E-state index contributed by atoms with van der Waals surface area (Å²) in [6, 6.07) is 11.0. The van der Waals surface area contributed by atoms with Crippen LogP contribution in [0.3, 0.4) is 0 Å². The van der Waals surface area contributed by atoms with Gasteiger partial charge in [-0.15, -0.1) is 10.2 Å². The summed E-state index contributed by atoms with van der Waals surface area (Å²) in [6.45, 7) is 3.06. The topological polar surface area (TPSA) is 80.1 Å². The van der Waals surface area contributed by atoms with Crippen LogP contribution in [0.2, 0.25) is 0 Å². The molecular formula is C20H21N5O2S. The number of anilines is 2. The van der Waals surface area contributed by atoms with Crippen molar-refractivity contribution in [3.05, 3.63) is 54.4 Å². The number of carbonyl (C=O) groups is 2. The van der Waals surface area contributed by atoms with Gasteiger partial charge in [-0.25, -0.2) is 0 Å². The summed E-state index contributed by atoms with van der Waals surface area (Å²) in [4.78, 5) is 26.3. The van der Waals surface area contributed by atoms with Crippen molar-refractivity contribution in [3.63, 3.8) is 0 Å². The Kier molecular flexibility index (Phi) is 5.21. The van der Waals surface area contributed by atoms with Gasteiger partial charge in [0, 0.05) is 42.7 Å². The predicted octanol–water partition coefficient (Wildman–Crippen LogP) is 3.39. The largest absolute Gasteiger partial charge is 0.347 e. The molecule has 3 heterocycles. The highest BCUT2D eigenvalue weighted by atomic mass is 32.1. The van der Waals surface area contributed by atoms with Gasteiger partial charge in [-0.2, -0.15) is 0 Å². The Morgan fingerprint density at radius 3 is 2.50 bits per heavy atom. The van der Waals surface area contributed by atoms with Gasteiger partial charge in [-0.1, -0.05) is 23.5 Å². The fraction of sp³-hybridized carbons (Fsp3) is 0.300. The van der Waals surface area contributed by atoms with Crippen LogP contribution in [-0.2, 0) is 4.79 Å². The summed E-state index contributed by atoms with van der Waals surface area (Å²) in [7, 11) is 0. The molecule has 0 bridgehead atoms. The lowest BCUT2D eigenvalue weighted by Gasteiger charge is -2.30. The van der Waals surface area contributed by atoms with E-state index >= 15 is 0 Å². The molecule has 1 amide bonds. The lowest BCUT2D eigenvalue weighted by atomic mass is 9.96. The molecule has 2 aromatic heterocycles. The molecule has 0 atom stereocenters. The van der Waals surface area contributed by atoms with Crippen LogP contribution in [0.1, 0.15) is 30.1 Å². The number of carbonyl (C=O) groups excluding carboxylic acids is 2. The standard InChI is InChI=1S/C20H21N5O2S/c1-14(26)16-5-4-6-17(13-16)21-18(27)15-7-11-25(12-8-15)20-23-22-19(28-20)24-9-2-3-10-24/h2-6,9-10,13,15H,7-8,11-12H2,1H3,(H,21,27). The third-order valence-electron chi connectivity index (χ3n) is 4.90. The van der Waals surface area contributed by atoms with E-state index in [4.69, 9.17) is 0 Å². The molecule has 0 unspecified atom stereocenters. The van der Waals surface area contributed by atoms with E-state index in [1.165, 1.54) is 6.92 Å². The molecular weight excluding hydrogens is 374 g/mol. The predicted molar refractivity (Wildman–Crippen MR) is 109 cm³/mol. The summed E-state index contributed by atoms with van der Waals surface area (Å²) in [5.41, 5.74) is 1.27. The summed E-state index contributed by atoms with van der Waals surface area (Å²) in [5.74, 6) is -0.0551. The normalized spacial score (nSPS) is 14.8. The van der Waals surface area contributed by atoms with Crippen LogP contribution >= 0.6 is 11.3 Å². The molecule has 3 aromatic rings. The number of ketones is 1. The Labute approximate surface area is 167 Å². The average Bonchev–Trinajstić information content (AvgIpc) is 3.40. The molecule has 1 N–H and O–H groups in total. The first-order valence-electron chi connectivity index (χ1n) is 9.24. The molecule has 28 heavy (non-hydrogen) atoms. The molecule has 1 aromatic carbocycles. The van der Waals surface area contributed by atoms with Crippen molar-refractivity contribution in [1.29, 1.82) is 0 Å². The molecule has 8 heteroatoms. The molecule has 1 aliphatic rings. The highest BCUT2D eigenvalue weighted by Crippen LogP contribution is 2.28. The summed E-state index contributed by atoms with van der Waals surface area (Å²) in [6.07, 6.45) is 5.41. The first-order valence-corrected chi connectivity index (χ1v) is 10.1. The third kappa shape index (κ3) is 3.96. The molecule has 0 spiro atoms. The van der Waals surface area contributed by atoms with Crippen LogP contribution in [0.4, 0.5) is 10.8 Å². The molecule has 0 aliphatic carbocycles. The van der Waals surface area contributed by atoms with E-state index < -0.39 is 0 Å². The molecule has 4 rings (SSSR count). The van der Waals surface area contributed by atoms with Gasteiger partial charge in [0.25, 0.3) is 0 Å². The minimum absolute atomic E-state index is 0.00523. The lowest BCUT2D eigenvalue weighted by molar-refractivity contribution is -0.120. The van der Waals surface area contributed by atoms with E-state index in [9.17, 15) is 9.59 Å². The second-order valence-corrected chi connectivity index (χ2v) is 7.78. The van der Waals surface area contributed by atoms with Crippen molar-refractivity contribution in [2.24, 2.45) is 5.92 Å². The molecule has 144 valence electrons. The van der Waals surface area contributed by atoms with Crippen LogP contribution in [0.25, 0.3) is 5.13 Å². The number of aromatic nitrogens is 3. The maximum absolute atomic E-state index is 12.6. The highest BCUT2D eigenvalue weighted by molar-refractivity contribution is 7.17. The zero-order valence-electron chi connectivity index (χ0n) is 15.5. The lowest BCUT2D eigenvalue weighted by Crippen LogP contribution is -2.38. The SMILES string of the molecule is CC(=O)c1cccc(NC(=O)C2CCN(c3nnc(-n4cccc4)s3)CC2)c1. The zero-order chi connectivity index (χ0) is 19.5. The molecule has 1 fully saturated rings. The molecule has 1 aliphatic heterocycles. The van der Waals surface area contributed by atoms with Gasteiger partial charge >= 0.3 is 0 Å². The second-order valence-electron chi connectivity index (χ2n) is 6.85. The number of piperidine rings is 1. The Balaban J connectivity index is 1.34. The maximum Gasteiger partial charge on any atom is 0.227 e. The molecule has 1 saturated heterocycles. The van der Waals surface area contributed by atoms with E-state index in [0.29, 0.717) is 11.3 Å². The van der Waals surface area contributed by atoms with E-state index in [0.717, 1.165) is 36.2 Å². The van der Waals surface area contributed by atoms with Crippen molar-refractivity contribution < 1.29 is 9.59 Å². The zero-order valence-corrected chi connectivity index (χ0v) is 16.4. The summed E-state index contributed by atoms with van der Waals surface area (Å²) in [5, 5.41) is 13.2. The molecule has 0 saturated carbocycles. The van der Waals surface area contributed by atoms with E-state index in [1.807, 2.05) is 35.2 Å². The average molecular weight is 395 g/mol. The Hall–Kier alpha value is -3.00. The second kappa shape index (κ2) is 7.93. The van der Waals surface area contributed by atoms with Crippen LogP contribution < -0.4 is 10.2 Å². The van der Waals surface area contributed by atoms with Crippen LogP contribution in [0, 0.1) is 5.92 Å². The van der Waals surface area contributed by atoms with Gasteiger partial charge in [0.15, 0.2) is 5.78 Å². The Bertz CT molecular complexity index is 974. The van der Waals surface area contributed by atoms with E-state index in [2.05, 4.69) is 20.4 Å². The van der Waals surface area contributed by atoms with Crippen LogP contribution in [0.15, 0.2) is 48.8 Å². The number of amides is 1. The number of Topliss-reactive ketones (excluding diaryl/α,β-unsaturated/α-hetero) is 1. The summed E-state index contributed by atoms with van der Waals surface area (Å²) < 4.78 is 1.94. The van der Waals surface area contributed by atoms with Gasteiger partial charge < -0.3 is 10.2 Å². The van der Waals surface area contributed by atoms with Gasteiger partial charge in [0.05, 0.1) is 0 Å². The fourth-order valence-corrected chi connectivity index (χ4v) is 4.16. The number of hydrogen-bond acceptors (Lipinski definition) is 6. The molecule has 0 radical (unpaired) electrons. The van der Waals surface area contributed by atoms with Crippen molar-refractivity contribution in [3.8, 4) is 5.13 Å². The number of rotatable bonds is 5. The van der Waals surface area contributed by atoms with Crippen molar-refractivity contribution in [2.45, 2.75) is 19.8 Å². The number of benzene rings is 1. The highest BCUT2D eigenvalue weighted by Gasteiger charge is 2.27. The van der Waals surface area contributed by atoms with Gasteiger partial charge in [-0.3, -0.25) is 14.2 Å². The van der Waals surface area contributed by atoms with E-state index in [-0.39, 0.29) is 17.6 Å². The van der Waals surface area contributed by atoms with Gasteiger partial charge in [-0.05, 0) is 44.0 Å². The quantitative estimate of drug-likeness (QED) is 0.670. The summed E-state index contributed by atoms with van der Waals surface area (Å²) >= 11 is 1.55. The fourth-order valence-electron chi connectivity index (χ4n) is 3.30. The van der Waals surface area contributed by atoms with Crippen LogP contribution in [-0.4, -0.2) is 39.5 Å². The van der Waals surface area contributed by atoms with E-state index in [1.54, 1.807) is 29.5 Å². The monoisotopic (exact) mass is 395 g/mol. The number of nitrogens with zero attached hydrogens (tertiary/aromatic N) is 4. The van der Waals surface area contributed by atoms with Crippen molar-refractivity contribution in [1.82, 2.24) is 14.8 Å². The Morgan fingerprint density at radius 1 is 1.07 bits per heavy atom. The van der Waals surface area contributed by atoms with Crippen molar-refractivity contribution >= 4 is 33.8 Å². The van der Waals surface area contributed by atoms with Crippen LogP contribution in [0.5, 0.6) is 0 Å². The smallest absolute Gasteiger partial charge is 0.227 e. The Morgan fingerprint density at radius 2 is 1.79 bits per heavy atom.